The van der Waals surface area contributed by atoms with Crippen LogP contribution in [0, 0.1) is 5.41 Å². The van der Waals surface area contributed by atoms with Gasteiger partial charge in [0.05, 0.1) is 0 Å². The van der Waals surface area contributed by atoms with Crippen LogP contribution in [-0.2, 0) is 0 Å². The summed E-state index contributed by atoms with van der Waals surface area (Å²) in [5.74, 6) is 0. The van der Waals surface area contributed by atoms with Crippen LogP contribution in [0.1, 0.15) is 27.7 Å². The summed E-state index contributed by atoms with van der Waals surface area (Å²) in [5, 5.41) is 0. The second-order valence-electron chi connectivity index (χ2n) is 4.22. The highest BCUT2D eigenvalue weighted by atomic mass is 15.1. The quantitative estimate of drug-likeness (QED) is 0.668. The second-order valence-corrected chi connectivity index (χ2v) is 4.22. The van der Waals surface area contributed by atoms with E-state index in [0.29, 0.717) is 5.41 Å². The van der Waals surface area contributed by atoms with Gasteiger partial charge in [-0.2, -0.15) is 0 Å². The number of nitrogens with two attached hydrogens (primary N) is 1. The maximum atomic E-state index is 5.48. The van der Waals surface area contributed by atoms with Crippen molar-refractivity contribution < 1.29 is 0 Å². The van der Waals surface area contributed by atoms with E-state index in [1.54, 1.807) is 0 Å². The normalized spacial score (nSPS) is 12.5. The zero-order valence-corrected chi connectivity index (χ0v) is 8.35. The summed E-state index contributed by atoms with van der Waals surface area (Å²) in [6.45, 7) is 13.0. The fourth-order valence-corrected chi connectivity index (χ4v) is 1.20. The monoisotopic (exact) mass is 158 g/mol. The molecule has 0 saturated carbocycles. The van der Waals surface area contributed by atoms with E-state index in [0.717, 1.165) is 26.2 Å². The highest BCUT2D eigenvalue weighted by molar-refractivity contribution is 4.68. The van der Waals surface area contributed by atoms with Crippen LogP contribution >= 0.6 is 0 Å². The summed E-state index contributed by atoms with van der Waals surface area (Å²) in [4.78, 5) is 2.39. The van der Waals surface area contributed by atoms with Crippen molar-refractivity contribution in [1.29, 1.82) is 0 Å². The SMILES string of the molecule is CCN(CCN)CC(C)(C)C. The number of likely N-dealkylation sites (N-methyl/N-ethyl adjacent to an activating group) is 1. The Morgan fingerprint density at radius 2 is 1.82 bits per heavy atom. The topological polar surface area (TPSA) is 29.3 Å². The Bertz CT molecular complexity index is 94.2. The maximum absolute atomic E-state index is 5.48. The van der Waals surface area contributed by atoms with Crippen molar-refractivity contribution in [3.63, 3.8) is 0 Å². The highest BCUT2D eigenvalue weighted by Gasteiger charge is 2.13. The van der Waals surface area contributed by atoms with Gasteiger partial charge in [0.25, 0.3) is 0 Å². The molecule has 0 spiro atoms. The van der Waals surface area contributed by atoms with Crippen LogP contribution in [-0.4, -0.2) is 31.1 Å². The van der Waals surface area contributed by atoms with Crippen LogP contribution in [0.2, 0.25) is 0 Å². The van der Waals surface area contributed by atoms with Crippen molar-refractivity contribution in [3.05, 3.63) is 0 Å². The molecule has 68 valence electrons. The fraction of sp³-hybridized carbons (Fsp3) is 1.00. The molecule has 2 heteroatoms. The van der Waals surface area contributed by atoms with Gasteiger partial charge >= 0.3 is 0 Å². The van der Waals surface area contributed by atoms with Gasteiger partial charge in [-0.25, -0.2) is 0 Å². The lowest BCUT2D eigenvalue weighted by atomic mass is 9.96. The molecular formula is C9H22N2. The minimum atomic E-state index is 0.394. The van der Waals surface area contributed by atoms with Crippen LogP contribution in [0.15, 0.2) is 0 Å². The van der Waals surface area contributed by atoms with Gasteiger partial charge in [-0.15, -0.1) is 0 Å². The number of hydrogen-bond donors (Lipinski definition) is 1. The average Bonchev–Trinajstić information content (AvgIpc) is 1.84. The molecule has 2 nitrogen and oxygen atoms in total. The molecule has 0 aromatic carbocycles. The first-order valence-electron chi connectivity index (χ1n) is 4.42. The molecule has 0 aliphatic heterocycles. The molecule has 0 atom stereocenters. The third-order valence-corrected chi connectivity index (χ3v) is 1.59. The van der Waals surface area contributed by atoms with Crippen molar-refractivity contribution in [2.45, 2.75) is 27.7 Å². The molecule has 0 bridgehead atoms. The van der Waals surface area contributed by atoms with Crippen LogP contribution in [0.5, 0.6) is 0 Å². The van der Waals surface area contributed by atoms with E-state index in [-0.39, 0.29) is 0 Å². The number of nitrogens with zero attached hydrogens (tertiary/aromatic N) is 1. The van der Waals surface area contributed by atoms with Crippen LogP contribution in [0.25, 0.3) is 0 Å². The molecular weight excluding hydrogens is 136 g/mol. The van der Waals surface area contributed by atoms with Crippen LogP contribution in [0.3, 0.4) is 0 Å². The zero-order valence-electron chi connectivity index (χ0n) is 8.35. The zero-order chi connectivity index (χ0) is 8.91. The Kier molecular flexibility index (Phi) is 4.69. The Labute approximate surface area is 70.8 Å². The van der Waals surface area contributed by atoms with Crippen LogP contribution < -0.4 is 5.73 Å². The number of hydrogen-bond acceptors (Lipinski definition) is 2. The van der Waals surface area contributed by atoms with Crippen molar-refractivity contribution in [1.82, 2.24) is 4.90 Å². The largest absolute Gasteiger partial charge is 0.329 e. The van der Waals surface area contributed by atoms with Gasteiger partial charge in [0, 0.05) is 19.6 Å². The lowest BCUT2D eigenvalue weighted by molar-refractivity contribution is 0.204. The van der Waals surface area contributed by atoms with E-state index in [4.69, 9.17) is 5.73 Å². The van der Waals surface area contributed by atoms with Crippen molar-refractivity contribution in [3.8, 4) is 0 Å². The molecule has 0 rings (SSSR count). The first-order valence-corrected chi connectivity index (χ1v) is 4.42. The predicted molar refractivity (Wildman–Crippen MR) is 50.6 cm³/mol. The molecule has 0 aromatic heterocycles. The molecule has 0 fully saturated rings. The summed E-state index contributed by atoms with van der Waals surface area (Å²) in [6.07, 6.45) is 0. The third-order valence-electron chi connectivity index (χ3n) is 1.59. The minimum Gasteiger partial charge on any atom is -0.329 e. The first-order chi connectivity index (χ1) is 4.99. The Balaban J connectivity index is 3.68. The molecule has 11 heavy (non-hydrogen) atoms. The standard InChI is InChI=1S/C9H22N2/c1-5-11(7-6-10)8-9(2,3)4/h5-8,10H2,1-4H3. The highest BCUT2D eigenvalue weighted by Crippen LogP contribution is 2.14. The Morgan fingerprint density at radius 3 is 2.09 bits per heavy atom. The van der Waals surface area contributed by atoms with E-state index >= 15 is 0 Å². The molecule has 0 aliphatic rings. The fourth-order valence-electron chi connectivity index (χ4n) is 1.20. The van der Waals surface area contributed by atoms with Gasteiger partial charge in [0.2, 0.25) is 0 Å². The van der Waals surface area contributed by atoms with Crippen LogP contribution in [0.4, 0.5) is 0 Å². The second kappa shape index (κ2) is 4.73. The van der Waals surface area contributed by atoms with Gasteiger partial charge < -0.3 is 10.6 Å². The predicted octanol–water partition coefficient (Wildman–Crippen LogP) is 1.31. The maximum Gasteiger partial charge on any atom is 0.0105 e. The van der Waals surface area contributed by atoms with Crippen molar-refractivity contribution in [2.75, 3.05) is 26.2 Å². The lowest BCUT2D eigenvalue weighted by Crippen LogP contribution is -2.36. The van der Waals surface area contributed by atoms with Crippen molar-refractivity contribution >= 4 is 0 Å². The van der Waals surface area contributed by atoms with Gasteiger partial charge in [0.1, 0.15) is 0 Å². The number of rotatable bonds is 4. The molecule has 0 unspecified atom stereocenters. The third kappa shape index (κ3) is 6.32. The van der Waals surface area contributed by atoms with E-state index in [1.807, 2.05) is 0 Å². The molecule has 2 N–H and O–H groups in total. The summed E-state index contributed by atoms with van der Waals surface area (Å²) >= 11 is 0. The Morgan fingerprint density at radius 1 is 1.27 bits per heavy atom. The molecule has 0 radical (unpaired) electrons. The Hall–Kier alpha value is -0.0800. The van der Waals surface area contributed by atoms with Gasteiger partial charge in [-0.1, -0.05) is 27.7 Å². The minimum absolute atomic E-state index is 0.394. The van der Waals surface area contributed by atoms with E-state index in [2.05, 4.69) is 32.6 Å². The van der Waals surface area contributed by atoms with Gasteiger partial charge in [-0.3, -0.25) is 0 Å². The first kappa shape index (κ1) is 10.9. The summed E-state index contributed by atoms with van der Waals surface area (Å²) in [7, 11) is 0. The molecule has 0 saturated heterocycles. The van der Waals surface area contributed by atoms with E-state index in [1.165, 1.54) is 0 Å². The average molecular weight is 158 g/mol. The van der Waals surface area contributed by atoms with Crippen molar-refractivity contribution in [2.24, 2.45) is 11.1 Å². The van der Waals surface area contributed by atoms with E-state index in [9.17, 15) is 0 Å². The lowest BCUT2D eigenvalue weighted by Gasteiger charge is -2.28. The smallest absolute Gasteiger partial charge is 0.0105 e. The summed E-state index contributed by atoms with van der Waals surface area (Å²) in [6, 6.07) is 0. The van der Waals surface area contributed by atoms with Gasteiger partial charge in [0.15, 0.2) is 0 Å². The summed E-state index contributed by atoms with van der Waals surface area (Å²) < 4.78 is 0. The summed E-state index contributed by atoms with van der Waals surface area (Å²) in [5.41, 5.74) is 5.88. The van der Waals surface area contributed by atoms with E-state index < -0.39 is 0 Å². The molecule has 0 aliphatic carbocycles. The molecule has 0 aromatic rings. The van der Waals surface area contributed by atoms with Gasteiger partial charge in [-0.05, 0) is 12.0 Å². The molecule has 0 heterocycles. The molecule has 0 amide bonds.